The van der Waals surface area contributed by atoms with Crippen molar-refractivity contribution in [3.05, 3.63) is 177 Å². The standard InChI is InChI=1S/C73H86N2O/c1-45-22-19-20-23-53(45)48-38-51(74(50-28-26-49(27-29-50)67(4,5)6)63-42-59-56(36-46(63)2)68(7,8)30-33-71(59,13)14)40-52(39-48)75(64-43-60-57(37-47(64)3)69(9,10)31-34-72(60,15)16)62-25-21-24-54-55-41-58-61(44-65(55)76-66(54)62)73(17,18)35-32-70(58,11)12/h19-29,36-44H,30-35H2,1-18H3. The third-order valence-corrected chi connectivity index (χ3v) is 19.4. The number of para-hydroxylation sites is 1. The minimum absolute atomic E-state index is 0.000480. The van der Waals surface area contributed by atoms with Crippen LogP contribution < -0.4 is 9.80 Å². The molecular weight excluding hydrogens is 921 g/mol. The predicted octanol–water partition coefficient (Wildman–Crippen LogP) is 21.5. The molecule has 1 heterocycles. The van der Waals surface area contributed by atoms with E-state index in [1.165, 1.54) is 89.9 Å². The van der Waals surface area contributed by atoms with Crippen molar-refractivity contribution >= 4 is 56.1 Å². The number of rotatable bonds is 7. The molecule has 0 radical (unpaired) electrons. The van der Waals surface area contributed by atoms with Gasteiger partial charge in [-0.15, -0.1) is 0 Å². The molecule has 0 saturated heterocycles. The van der Waals surface area contributed by atoms with E-state index in [0.29, 0.717) is 0 Å². The molecule has 0 spiro atoms. The van der Waals surface area contributed by atoms with Crippen molar-refractivity contribution in [2.75, 3.05) is 9.80 Å². The van der Waals surface area contributed by atoms with Crippen LogP contribution in [0.25, 0.3) is 33.1 Å². The second kappa shape index (κ2) is 17.5. The Bertz CT molecular complexity index is 3620. The van der Waals surface area contributed by atoms with Gasteiger partial charge >= 0.3 is 0 Å². The summed E-state index contributed by atoms with van der Waals surface area (Å²) in [6, 6.07) is 47.7. The van der Waals surface area contributed by atoms with E-state index >= 15 is 0 Å². The Kier molecular flexibility index (Phi) is 12.0. The van der Waals surface area contributed by atoms with Crippen molar-refractivity contribution in [3.63, 3.8) is 0 Å². The monoisotopic (exact) mass is 1010 g/mol. The Morgan fingerprint density at radius 1 is 0.382 bits per heavy atom. The summed E-state index contributed by atoms with van der Waals surface area (Å²) in [5, 5.41) is 2.35. The zero-order valence-electron chi connectivity index (χ0n) is 49.6. The fourth-order valence-corrected chi connectivity index (χ4v) is 13.8. The minimum Gasteiger partial charge on any atom is -0.454 e. The van der Waals surface area contributed by atoms with E-state index in [1.54, 1.807) is 0 Å². The third-order valence-electron chi connectivity index (χ3n) is 19.4. The fraction of sp³-hybridized carbons (Fsp3) is 0.425. The highest BCUT2D eigenvalue weighted by Crippen LogP contribution is 2.55. The van der Waals surface area contributed by atoms with Crippen molar-refractivity contribution in [3.8, 4) is 11.1 Å². The topological polar surface area (TPSA) is 19.6 Å². The van der Waals surface area contributed by atoms with Gasteiger partial charge in [0.25, 0.3) is 0 Å². The van der Waals surface area contributed by atoms with Crippen molar-refractivity contribution in [1.82, 2.24) is 0 Å². The first kappa shape index (κ1) is 52.0. The number of fused-ring (bicyclic) bond motifs is 6. The van der Waals surface area contributed by atoms with E-state index in [9.17, 15) is 0 Å². The van der Waals surface area contributed by atoms with Crippen molar-refractivity contribution in [2.45, 2.75) is 201 Å². The van der Waals surface area contributed by atoms with Crippen LogP contribution in [0.5, 0.6) is 0 Å². The molecule has 0 unspecified atom stereocenters. The van der Waals surface area contributed by atoms with Gasteiger partial charge in [0.05, 0.1) is 5.69 Å². The maximum atomic E-state index is 7.40. The second-order valence-electron chi connectivity index (χ2n) is 28.8. The second-order valence-corrected chi connectivity index (χ2v) is 28.8. The first-order chi connectivity index (χ1) is 35.5. The quantitative estimate of drug-likeness (QED) is 0.159. The Hall–Kier alpha value is -6.06. The number of aryl methyl sites for hydroxylation is 3. The summed E-state index contributed by atoms with van der Waals surface area (Å²) in [4.78, 5) is 5.15. The molecule has 11 rings (SSSR count). The average Bonchev–Trinajstić information content (AvgIpc) is 3.75. The Balaban J connectivity index is 1.25. The van der Waals surface area contributed by atoms with Crippen LogP contribution in [0.1, 0.15) is 198 Å². The van der Waals surface area contributed by atoms with E-state index < -0.39 is 0 Å². The molecule has 8 aromatic rings. The van der Waals surface area contributed by atoms with Gasteiger partial charge in [0, 0.05) is 39.2 Å². The minimum atomic E-state index is -0.000480. The molecule has 7 aromatic carbocycles. The normalized spacial score (nSPS) is 18.7. The zero-order chi connectivity index (χ0) is 54.4. The molecule has 0 aliphatic heterocycles. The number of hydrogen-bond donors (Lipinski definition) is 0. The molecule has 0 bridgehead atoms. The molecule has 0 amide bonds. The van der Waals surface area contributed by atoms with E-state index in [-0.39, 0.29) is 37.9 Å². The van der Waals surface area contributed by atoms with Crippen LogP contribution in [0.15, 0.2) is 126 Å². The Morgan fingerprint density at radius 2 is 0.829 bits per heavy atom. The van der Waals surface area contributed by atoms with Gasteiger partial charge in [-0.2, -0.15) is 0 Å². The summed E-state index contributed by atoms with van der Waals surface area (Å²) in [6.07, 6.45) is 6.94. The molecule has 0 saturated carbocycles. The van der Waals surface area contributed by atoms with Gasteiger partial charge in [0.15, 0.2) is 5.58 Å². The van der Waals surface area contributed by atoms with E-state index in [2.05, 4.69) is 256 Å². The Labute approximate surface area is 457 Å². The smallest absolute Gasteiger partial charge is 0.159 e. The van der Waals surface area contributed by atoms with Crippen molar-refractivity contribution in [2.24, 2.45) is 0 Å². The van der Waals surface area contributed by atoms with E-state index in [0.717, 1.165) is 71.4 Å². The molecule has 0 atom stereocenters. The lowest BCUT2D eigenvalue weighted by atomic mass is 9.63. The number of benzene rings is 7. The van der Waals surface area contributed by atoms with Gasteiger partial charge in [-0.3, -0.25) is 0 Å². The predicted molar refractivity (Wildman–Crippen MR) is 327 cm³/mol. The highest BCUT2D eigenvalue weighted by Gasteiger charge is 2.41. The highest BCUT2D eigenvalue weighted by molar-refractivity contribution is 6.11. The number of hydrogen-bond acceptors (Lipinski definition) is 3. The molecule has 394 valence electrons. The summed E-state index contributed by atoms with van der Waals surface area (Å²) in [6.45, 7) is 43.2. The summed E-state index contributed by atoms with van der Waals surface area (Å²) >= 11 is 0. The third kappa shape index (κ3) is 8.62. The lowest BCUT2D eigenvalue weighted by molar-refractivity contribution is 0.332. The lowest BCUT2D eigenvalue weighted by Crippen LogP contribution is -2.34. The molecule has 1 aromatic heterocycles. The molecule has 3 aliphatic rings. The highest BCUT2D eigenvalue weighted by atomic mass is 16.3. The van der Waals surface area contributed by atoms with Gasteiger partial charge in [-0.05, 0) is 225 Å². The first-order valence-corrected chi connectivity index (χ1v) is 28.7. The van der Waals surface area contributed by atoms with Gasteiger partial charge in [-0.1, -0.05) is 165 Å². The van der Waals surface area contributed by atoms with Crippen LogP contribution in [-0.4, -0.2) is 0 Å². The van der Waals surface area contributed by atoms with Crippen LogP contribution in [0, 0.1) is 20.8 Å². The molecule has 0 N–H and O–H groups in total. The number of anilines is 6. The fourth-order valence-electron chi connectivity index (χ4n) is 13.8. The van der Waals surface area contributed by atoms with Gasteiger partial charge < -0.3 is 14.2 Å². The van der Waals surface area contributed by atoms with Crippen LogP contribution in [0.3, 0.4) is 0 Å². The summed E-state index contributed by atoms with van der Waals surface area (Å²) in [7, 11) is 0. The van der Waals surface area contributed by atoms with E-state index in [4.69, 9.17) is 4.42 Å². The largest absolute Gasteiger partial charge is 0.454 e. The van der Waals surface area contributed by atoms with Crippen molar-refractivity contribution in [1.29, 1.82) is 0 Å². The molecule has 76 heavy (non-hydrogen) atoms. The van der Waals surface area contributed by atoms with Crippen molar-refractivity contribution < 1.29 is 4.42 Å². The zero-order valence-corrected chi connectivity index (χ0v) is 49.6. The average molecular weight is 1010 g/mol. The maximum absolute atomic E-state index is 7.40. The molecule has 0 fully saturated rings. The first-order valence-electron chi connectivity index (χ1n) is 28.7. The van der Waals surface area contributed by atoms with Gasteiger partial charge in [0.2, 0.25) is 0 Å². The lowest BCUT2D eigenvalue weighted by Gasteiger charge is -2.43. The number of furan rings is 1. The molecule has 3 aliphatic carbocycles. The molecule has 3 heteroatoms. The molecule has 3 nitrogen and oxygen atoms in total. The van der Waals surface area contributed by atoms with Crippen LogP contribution in [-0.2, 0) is 37.9 Å². The summed E-state index contributed by atoms with van der Waals surface area (Å²) in [5.41, 5.74) is 25.2. The summed E-state index contributed by atoms with van der Waals surface area (Å²) < 4.78 is 7.40. The SMILES string of the molecule is Cc1ccccc1-c1cc(N(c2ccc(C(C)(C)C)cc2)c2cc3c(cc2C)C(C)(C)CCC3(C)C)cc(N(c2cc3c(cc2C)C(C)(C)CCC3(C)C)c2cccc3c2oc2cc4c(cc23)C(C)(C)CCC4(C)C)c1. The van der Waals surface area contributed by atoms with Gasteiger partial charge in [0.1, 0.15) is 5.58 Å². The van der Waals surface area contributed by atoms with Gasteiger partial charge in [-0.25, -0.2) is 0 Å². The van der Waals surface area contributed by atoms with Crippen LogP contribution >= 0.6 is 0 Å². The Morgan fingerprint density at radius 3 is 1.33 bits per heavy atom. The van der Waals surface area contributed by atoms with E-state index in [1.807, 2.05) is 0 Å². The number of nitrogens with zero attached hydrogens (tertiary/aromatic N) is 2. The van der Waals surface area contributed by atoms with Crippen LogP contribution in [0.2, 0.25) is 0 Å². The molecular formula is C73H86N2O. The maximum Gasteiger partial charge on any atom is 0.159 e. The summed E-state index contributed by atoms with van der Waals surface area (Å²) in [5.74, 6) is 0. The van der Waals surface area contributed by atoms with Crippen LogP contribution in [0.4, 0.5) is 34.1 Å².